The van der Waals surface area contributed by atoms with Crippen molar-refractivity contribution < 1.29 is 0 Å². The number of nitrogens with zero attached hydrogens (tertiary/aromatic N) is 1. The van der Waals surface area contributed by atoms with E-state index in [9.17, 15) is 4.79 Å². The molecular weight excluding hydrogens is 198 g/mol. The van der Waals surface area contributed by atoms with Gasteiger partial charge in [0.25, 0.3) is 5.56 Å². The highest BCUT2D eigenvalue weighted by Gasteiger charge is 1.70. The molecule has 0 atom stereocenters. The van der Waals surface area contributed by atoms with Gasteiger partial charge in [-0.2, -0.15) is 0 Å². The average molecular weight is 205 g/mol. The van der Waals surface area contributed by atoms with Crippen molar-refractivity contribution in [2.24, 2.45) is 0 Å². The van der Waals surface area contributed by atoms with Crippen LogP contribution in [-0.2, 0) is 0 Å². The number of rotatable bonds is 0. The first-order valence-corrected chi connectivity index (χ1v) is 1.88. The fourth-order valence-electron chi connectivity index (χ4n) is 0.310. The summed E-state index contributed by atoms with van der Waals surface area (Å²) in [5, 5.41) is 0. The Labute approximate surface area is 76.5 Å². The number of hydrogen-bond acceptors (Lipinski definition) is 2. The Morgan fingerprint density at radius 3 is 2.10 bits per heavy atom. The lowest BCUT2D eigenvalue weighted by atomic mass is 10.8. The highest BCUT2D eigenvalue weighted by atomic mass is 35.5. The van der Waals surface area contributed by atoms with E-state index in [-0.39, 0.29) is 42.8 Å². The summed E-state index contributed by atoms with van der Waals surface area (Å²) in [5.41, 5.74) is -0.164. The summed E-state index contributed by atoms with van der Waals surface area (Å²) in [6.45, 7) is 0. The van der Waals surface area contributed by atoms with Crippen LogP contribution in [0, 0.1) is 0 Å². The van der Waals surface area contributed by atoms with E-state index >= 15 is 0 Å². The lowest BCUT2D eigenvalue weighted by molar-refractivity contribution is 1.14. The number of nitrogens with one attached hydrogen (secondary N) is 1. The Bertz CT molecular complexity index is 184. The summed E-state index contributed by atoms with van der Waals surface area (Å²) in [4.78, 5) is 16.1. The second-order valence-corrected chi connectivity index (χ2v) is 1.10. The van der Waals surface area contributed by atoms with E-state index in [1.807, 2.05) is 0 Å². The lowest BCUT2D eigenvalue weighted by Gasteiger charge is -1.73. The third-order valence-corrected chi connectivity index (χ3v) is 0.578. The van der Waals surface area contributed by atoms with E-state index in [0.29, 0.717) is 0 Å². The summed E-state index contributed by atoms with van der Waals surface area (Å²) in [6.07, 6.45) is 4.23. The molecule has 1 heterocycles. The van der Waals surface area contributed by atoms with Gasteiger partial charge in [-0.1, -0.05) is 0 Å². The normalized spacial score (nSPS) is 6.00. The minimum atomic E-state index is -0.164. The van der Waals surface area contributed by atoms with Gasteiger partial charge in [-0.3, -0.25) is 9.78 Å². The zero-order valence-electron chi connectivity index (χ0n) is 4.81. The lowest BCUT2D eigenvalue weighted by Crippen LogP contribution is -2.01. The zero-order valence-corrected chi connectivity index (χ0v) is 7.26. The van der Waals surface area contributed by atoms with Gasteiger partial charge >= 0.3 is 0 Å². The van der Waals surface area contributed by atoms with Crippen LogP contribution in [0.3, 0.4) is 0 Å². The third kappa shape index (κ3) is 5.88. The smallest absolute Gasteiger partial charge is 0.266 e. The summed E-state index contributed by atoms with van der Waals surface area (Å²) in [6, 6.07) is 0. The van der Waals surface area contributed by atoms with Crippen LogP contribution >= 0.6 is 37.2 Å². The van der Waals surface area contributed by atoms with Gasteiger partial charge in [0, 0.05) is 12.4 Å². The zero-order chi connectivity index (χ0) is 5.11. The van der Waals surface area contributed by atoms with Crippen molar-refractivity contribution in [3.05, 3.63) is 28.9 Å². The molecule has 0 fully saturated rings. The molecule has 10 heavy (non-hydrogen) atoms. The maximum atomic E-state index is 10.2. The molecule has 0 aliphatic heterocycles. The first-order valence-electron chi connectivity index (χ1n) is 1.88. The minimum absolute atomic E-state index is 0. The van der Waals surface area contributed by atoms with Crippen molar-refractivity contribution in [2.75, 3.05) is 0 Å². The molecule has 1 rings (SSSR count). The molecule has 0 saturated carbocycles. The minimum Gasteiger partial charge on any atom is -0.326 e. The molecule has 0 spiro atoms. The number of aromatic amines is 1. The Kier molecular flexibility index (Phi) is 14.3. The predicted octanol–water partition coefficient (Wildman–Crippen LogP) is 1.04. The summed E-state index contributed by atoms with van der Waals surface area (Å²) >= 11 is 0. The number of H-pyrrole nitrogens is 1. The molecular formula is C4H7Cl3N2O. The molecule has 0 radical (unpaired) electrons. The average Bonchev–Trinajstić information content (AvgIpc) is 1.69. The Hall–Kier alpha value is -0.250. The van der Waals surface area contributed by atoms with Crippen molar-refractivity contribution in [1.29, 1.82) is 0 Å². The summed E-state index contributed by atoms with van der Waals surface area (Å²) < 4.78 is 0. The molecule has 1 N–H and O–H groups in total. The van der Waals surface area contributed by atoms with Crippen molar-refractivity contribution in [1.82, 2.24) is 9.97 Å². The van der Waals surface area contributed by atoms with Crippen LogP contribution in [0.25, 0.3) is 0 Å². The van der Waals surface area contributed by atoms with Gasteiger partial charge in [-0.15, -0.1) is 37.2 Å². The standard InChI is InChI=1S/C4H4N2O.3ClH/c7-4-3-5-1-2-6-4;;;/h1-3H,(H,6,7);3*1H. The molecule has 0 unspecified atom stereocenters. The van der Waals surface area contributed by atoms with Crippen LogP contribution in [0.5, 0.6) is 0 Å². The molecule has 0 amide bonds. The first kappa shape index (κ1) is 16.4. The highest BCUT2D eigenvalue weighted by molar-refractivity contribution is 5.86. The summed E-state index contributed by atoms with van der Waals surface area (Å²) in [7, 11) is 0. The van der Waals surface area contributed by atoms with Crippen molar-refractivity contribution >= 4 is 37.2 Å². The van der Waals surface area contributed by atoms with Gasteiger partial charge in [-0.25, -0.2) is 0 Å². The third-order valence-electron chi connectivity index (χ3n) is 0.578. The van der Waals surface area contributed by atoms with Crippen LogP contribution in [0.1, 0.15) is 0 Å². The van der Waals surface area contributed by atoms with Gasteiger partial charge in [0.2, 0.25) is 0 Å². The molecule has 3 nitrogen and oxygen atoms in total. The van der Waals surface area contributed by atoms with Crippen LogP contribution in [0.2, 0.25) is 0 Å². The van der Waals surface area contributed by atoms with E-state index in [4.69, 9.17) is 0 Å². The van der Waals surface area contributed by atoms with Gasteiger partial charge in [-0.05, 0) is 0 Å². The van der Waals surface area contributed by atoms with Gasteiger partial charge in [0.15, 0.2) is 0 Å². The van der Waals surface area contributed by atoms with Gasteiger partial charge in [0.1, 0.15) is 0 Å². The molecule has 0 aliphatic rings. The van der Waals surface area contributed by atoms with E-state index in [1.54, 1.807) is 0 Å². The second kappa shape index (κ2) is 8.75. The largest absolute Gasteiger partial charge is 0.326 e. The molecule has 60 valence electrons. The highest BCUT2D eigenvalue weighted by Crippen LogP contribution is 1.57. The van der Waals surface area contributed by atoms with Gasteiger partial charge < -0.3 is 4.98 Å². The molecule has 1 aromatic rings. The Morgan fingerprint density at radius 2 is 1.90 bits per heavy atom. The summed E-state index contributed by atoms with van der Waals surface area (Å²) in [5.74, 6) is 0. The fourth-order valence-corrected chi connectivity index (χ4v) is 0.310. The molecule has 0 bridgehead atoms. The van der Waals surface area contributed by atoms with Gasteiger partial charge in [0.05, 0.1) is 6.20 Å². The topological polar surface area (TPSA) is 45.8 Å². The SMILES string of the molecule is Cl.Cl.Cl.O=c1cncc[nH]1. The number of halogens is 3. The van der Waals surface area contributed by atoms with Crippen LogP contribution in [0.4, 0.5) is 0 Å². The van der Waals surface area contributed by atoms with Crippen molar-refractivity contribution in [2.45, 2.75) is 0 Å². The predicted molar refractivity (Wildman–Crippen MR) is 46.6 cm³/mol. The van der Waals surface area contributed by atoms with Crippen molar-refractivity contribution in [3.8, 4) is 0 Å². The number of hydrogen-bond donors (Lipinski definition) is 1. The second-order valence-electron chi connectivity index (χ2n) is 1.10. The van der Waals surface area contributed by atoms with E-state index in [0.717, 1.165) is 0 Å². The van der Waals surface area contributed by atoms with Crippen LogP contribution in [0.15, 0.2) is 23.4 Å². The van der Waals surface area contributed by atoms with E-state index < -0.39 is 0 Å². The monoisotopic (exact) mass is 204 g/mol. The Balaban J connectivity index is -0.000000163. The first-order chi connectivity index (χ1) is 3.39. The molecule has 1 aromatic heterocycles. The van der Waals surface area contributed by atoms with Crippen LogP contribution in [-0.4, -0.2) is 9.97 Å². The van der Waals surface area contributed by atoms with E-state index in [1.165, 1.54) is 18.6 Å². The van der Waals surface area contributed by atoms with Crippen molar-refractivity contribution in [3.63, 3.8) is 0 Å². The quantitative estimate of drug-likeness (QED) is 0.688. The Morgan fingerprint density at radius 1 is 1.30 bits per heavy atom. The molecule has 0 aliphatic carbocycles. The molecule has 0 saturated heterocycles. The van der Waals surface area contributed by atoms with Crippen LogP contribution < -0.4 is 5.56 Å². The maximum Gasteiger partial charge on any atom is 0.266 e. The van der Waals surface area contributed by atoms with E-state index in [2.05, 4.69) is 9.97 Å². The fraction of sp³-hybridized carbons (Fsp3) is 0. The maximum absolute atomic E-state index is 10.2. The molecule has 0 aromatic carbocycles. The number of aromatic nitrogens is 2. The molecule has 6 heteroatoms.